The number of rotatable bonds is 3. The van der Waals surface area contributed by atoms with Crippen LogP contribution in [-0.2, 0) is 0 Å². The molecule has 0 fully saturated rings. The maximum Gasteiger partial charge on any atom is 0.135 e. The van der Waals surface area contributed by atoms with Crippen molar-refractivity contribution in [3.05, 3.63) is 121 Å². The minimum Gasteiger partial charge on any atom is -0.456 e. The summed E-state index contributed by atoms with van der Waals surface area (Å²) in [5, 5.41) is 8.84. The summed E-state index contributed by atoms with van der Waals surface area (Å²) in [6, 6.07) is 41.1. The molecule has 10 aromatic rings. The summed E-state index contributed by atoms with van der Waals surface area (Å²) >= 11 is 0. The molecule has 55 heavy (non-hydrogen) atoms. The van der Waals surface area contributed by atoms with Crippen LogP contribution in [0.25, 0.3) is 98.4 Å². The molecule has 0 bridgehead atoms. The van der Waals surface area contributed by atoms with Crippen molar-refractivity contribution in [1.82, 2.24) is 0 Å². The lowest BCUT2D eigenvalue weighted by Crippen LogP contribution is -2.50. The van der Waals surface area contributed by atoms with Crippen molar-refractivity contribution in [3.63, 3.8) is 0 Å². The summed E-state index contributed by atoms with van der Waals surface area (Å²) < 4.78 is 6.08. The zero-order chi connectivity index (χ0) is 37.9. The first kappa shape index (κ1) is 33.9. The van der Waals surface area contributed by atoms with Gasteiger partial charge in [-0.25, -0.2) is 0 Å². The van der Waals surface area contributed by atoms with Crippen LogP contribution in [-0.4, -0.2) is 62.8 Å². The van der Waals surface area contributed by atoms with E-state index in [1.807, 2.05) is 54.6 Å². The molecule has 0 atom stereocenters. The van der Waals surface area contributed by atoms with E-state index in [4.69, 9.17) is 67.2 Å². The average Bonchev–Trinajstić information content (AvgIpc) is 3.60. The fraction of sp³-hybridized carbons (Fsp3) is 0. The maximum atomic E-state index is 6.99. The largest absolute Gasteiger partial charge is 0.456 e. The molecule has 1 aromatic heterocycles. The predicted molar refractivity (Wildman–Crippen MR) is 243 cm³/mol. The monoisotopic (exact) mass is 676 g/mol. The van der Waals surface area contributed by atoms with E-state index < -0.39 is 0 Å². The molecule has 0 aliphatic carbocycles. The van der Waals surface area contributed by atoms with Crippen LogP contribution < -0.4 is 43.7 Å². The fourth-order valence-electron chi connectivity index (χ4n) is 8.43. The first-order valence-electron chi connectivity index (χ1n) is 17.8. The van der Waals surface area contributed by atoms with Crippen LogP contribution in [0, 0.1) is 0 Å². The van der Waals surface area contributed by atoms with Gasteiger partial charge in [-0.2, -0.15) is 0 Å². The highest BCUT2D eigenvalue weighted by Gasteiger charge is 2.25. The average molecular weight is 675 g/mol. The molecule has 234 valence electrons. The number of furan rings is 1. The summed E-state index contributed by atoms with van der Waals surface area (Å²) in [6.07, 6.45) is 0. The molecule has 0 unspecified atom stereocenters. The highest BCUT2D eigenvalue weighted by molar-refractivity contribution is 6.71. The first-order valence-corrected chi connectivity index (χ1v) is 17.8. The van der Waals surface area contributed by atoms with Gasteiger partial charge in [0.2, 0.25) is 0 Å². The molecule has 9 heteroatoms. The summed E-state index contributed by atoms with van der Waals surface area (Å²) in [5.74, 6) is 0. The molecular weight excluding hydrogens is 655 g/mol. The zero-order valence-electron chi connectivity index (χ0n) is 29.6. The normalized spacial score (nSPS) is 11.9. The van der Waals surface area contributed by atoms with Gasteiger partial charge in [0, 0.05) is 10.8 Å². The minimum absolute atomic E-state index is 0.175. The lowest BCUT2D eigenvalue weighted by atomic mass is 9.59. The maximum absolute atomic E-state index is 6.99. The lowest BCUT2D eigenvalue weighted by molar-refractivity contribution is 0.669. The van der Waals surface area contributed by atoms with Crippen LogP contribution in [0.15, 0.2) is 126 Å². The SMILES string of the molecule is [B]c1c([B])c([B])c2c(-c3ccc4c(ccc5ccccc54)c3)c3c([B])c([B])c([B])c([B])c3c(-c3ccc(-c4ccc5oc6ccccc6c5c4)cc3)c2c1[B]. The molecule has 16 radical (unpaired) electrons. The van der Waals surface area contributed by atoms with Gasteiger partial charge in [-0.15, -0.1) is 21.9 Å². The van der Waals surface area contributed by atoms with Crippen LogP contribution in [0.5, 0.6) is 0 Å². The van der Waals surface area contributed by atoms with Gasteiger partial charge in [-0.1, -0.05) is 119 Å². The summed E-state index contributed by atoms with van der Waals surface area (Å²) in [5.41, 5.74) is 8.40. The standard InChI is InChI=1S/C46H20B8O/c47-39-35-33(23-12-9-21(10-13-23)24-16-18-32-30(20-24)29-7-3-4-8-31(29)55-32)36-38(42(50)46(54)44(52)40(36)48)34(37(35)41(49)45(53)43(39)51)26-15-17-28-25(19-26)14-11-22-5-1-2-6-27(22)28/h1-20H. The molecule has 0 spiro atoms. The number of hydrogen-bond donors (Lipinski definition) is 0. The third-order valence-corrected chi connectivity index (χ3v) is 11.2. The van der Waals surface area contributed by atoms with Gasteiger partial charge in [0.25, 0.3) is 0 Å². The number of para-hydroxylation sites is 1. The summed E-state index contributed by atoms with van der Waals surface area (Å²) in [6.45, 7) is 0. The van der Waals surface area contributed by atoms with Gasteiger partial charge in [0.1, 0.15) is 73.9 Å². The lowest BCUT2D eigenvalue weighted by Gasteiger charge is -2.28. The second-order valence-corrected chi connectivity index (χ2v) is 14.2. The third kappa shape index (κ3) is 4.91. The van der Waals surface area contributed by atoms with E-state index >= 15 is 0 Å². The Balaban J connectivity index is 1.28. The van der Waals surface area contributed by atoms with Gasteiger partial charge in [-0.05, 0) is 101 Å². The molecule has 10 rings (SSSR count). The minimum atomic E-state index is 0.175. The summed E-state index contributed by atoms with van der Waals surface area (Å²) in [4.78, 5) is 0. The van der Waals surface area contributed by atoms with Crippen LogP contribution in [0.2, 0.25) is 0 Å². The Labute approximate surface area is 329 Å². The quantitative estimate of drug-likeness (QED) is 0.159. The predicted octanol–water partition coefficient (Wildman–Crippen LogP) is 3.55. The fourth-order valence-corrected chi connectivity index (χ4v) is 8.43. The molecule has 1 nitrogen and oxygen atoms in total. The van der Waals surface area contributed by atoms with Crippen LogP contribution in [0.1, 0.15) is 0 Å². The van der Waals surface area contributed by atoms with Gasteiger partial charge < -0.3 is 4.42 Å². The van der Waals surface area contributed by atoms with Crippen molar-refractivity contribution < 1.29 is 4.42 Å². The van der Waals surface area contributed by atoms with E-state index in [2.05, 4.69) is 66.7 Å². The Morgan fingerprint density at radius 3 is 1.38 bits per heavy atom. The number of hydrogen-bond acceptors (Lipinski definition) is 1. The van der Waals surface area contributed by atoms with Crippen LogP contribution in [0.3, 0.4) is 0 Å². The molecular formula is C46H20B8O. The van der Waals surface area contributed by atoms with Gasteiger partial charge >= 0.3 is 0 Å². The molecule has 0 saturated heterocycles. The Hall–Kier alpha value is -5.66. The van der Waals surface area contributed by atoms with E-state index in [0.717, 1.165) is 65.7 Å². The van der Waals surface area contributed by atoms with Crippen molar-refractivity contribution in [2.75, 3.05) is 0 Å². The second kappa shape index (κ2) is 12.4. The highest BCUT2D eigenvalue weighted by atomic mass is 16.3. The number of fused-ring (bicyclic) bond motifs is 8. The van der Waals surface area contributed by atoms with Gasteiger partial charge in [0.15, 0.2) is 0 Å². The molecule has 0 N–H and O–H groups in total. The molecule has 9 aromatic carbocycles. The molecule has 0 aliphatic rings. The topological polar surface area (TPSA) is 13.1 Å². The Morgan fingerprint density at radius 1 is 0.291 bits per heavy atom. The van der Waals surface area contributed by atoms with Gasteiger partial charge in [-0.3, -0.25) is 0 Å². The molecule has 0 saturated carbocycles. The highest BCUT2D eigenvalue weighted by Crippen LogP contribution is 2.42. The zero-order valence-corrected chi connectivity index (χ0v) is 29.6. The van der Waals surface area contributed by atoms with Crippen molar-refractivity contribution in [2.24, 2.45) is 0 Å². The van der Waals surface area contributed by atoms with Crippen LogP contribution >= 0.6 is 0 Å². The third-order valence-electron chi connectivity index (χ3n) is 11.2. The molecule has 0 amide bonds. The van der Waals surface area contributed by atoms with E-state index in [1.54, 1.807) is 0 Å². The number of benzene rings is 9. The van der Waals surface area contributed by atoms with Gasteiger partial charge in [0.05, 0.1) is 0 Å². The smallest absolute Gasteiger partial charge is 0.135 e. The molecule has 1 heterocycles. The Bertz CT molecular complexity index is 3210. The van der Waals surface area contributed by atoms with E-state index in [9.17, 15) is 0 Å². The van der Waals surface area contributed by atoms with Crippen molar-refractivity contribution in [3.8, 4) is 33.4 Å². The summed E-state index contributed by atoms with van der Waals surface area (Å²) in [7, 11) is 54.4. The molecule has 0 aliphatic heterocycles. The van der Waals surface area contributed by atoms with E-state index in [-0.39, 0.29) is 43.7 Å². The Morgan fingerprint density at radius 2 is 0.745 bits per heavy atom. The Kier molecular flexibility index (Phi) is 7.66. The van der Waals surface area contributed by atoms with Crippen LogP contribution in [0.4, 0.5) is 0 Å². The van der Waals surface area contributed by atoms with Crippen molar-refractivity contribution in [2.45, 2.75) is 0 Å². The van der Waals surface area contributed by atoms with E-state index in [0.29, 0.717) is 32.7 Å². The first-order chi connectivity index (χ1) is 26.6. The second-order valence-electron chi connectivity index (χ2n) is 14.2. The van der Waals surface area contributed by atoms with Crippen molar-refractivity contribution in [1.29, 1.82) is 0 Å². The van der Waals surface area contributed by atoms with Crippen molar-refractivity contribution >= 4 is 172 Å². The van der Waals surface area contributed by atoms with E-state index in [1.165, 1.54) is 0 Å².